The SMILES string of the molecule is CCC(CCN)CCCNc1ccnn1C. The Labute approximate surface area is 98.2 Å². The highest BCUT2D eigenvalue weighted by Gasteiger charge is 2.04. The van der Waals surface area contributed by atoms with Crippen molar-refractivity contribution < 1.29 is 0 Å². The first-order valence-electron chi connectivity index (χ1n) is 6.19. The van der Waals surface area contributed by atoms with Crippen molar-refractivity contribution in [3.8, 4) is 0 Å². The van der Waals surface area contributed by atoms with Crippen molar-refractivity contribution in [2.75, 3.05) is 18.4 Å². The molecule has 1 atom stereocenters. The van der Waals surface area contributed by atoms with E-state index in [-0.39, 0.29) is 0 Å². The van der Waals surface area contributed by atoms with Crippen LogP contribution in [-0.4, -0.2) is 22.9 Å². The Bertz CT molecular complexity index is 282. The van der Waals surface area contributed by atoms with Crippen LogP contribution in [-0.2, 0) is 7.05 Å². The second-order valence-electron chi connectivity index (χ2n) is 4.26. The minimum Gasteiger partial charge on any atom is -0.370 e. The quantitative estimate of drug-likeness (QED) is 0.664. The summed E-state index contributed by atoms with van der Waals surface area (Å²) < 4.78 is 1.86. The maximum Gasteiger partial charge on any atom is 0.123 e. The molecule has 4 heteroatoms. The second-order valence-corrected chi connectivity index (χ2v) is 4.26. The third-order valence-electron chi connectivity index (χ3n) is 3.07. The first kappa shape index (κ1) is 13.0. The third kappa shape index (κ3) is 4.23. The maximum absolute atomic E-state index is 5.58. The monoisotopic (exact) mass is 224 g/mol. The van der Waals surface area contributed by atoms with Crippen LogP contribution in [0.4, 0.5) is 5.82 Å². The predicted octanol–water partition coefficient (Wildman–Crippen LogP) is 1.99. The van der Waals surface area contributed by atoms with Gasteiger partial charge in [0.05, 0.1) is 6.20 Å². The normalized spacial score (nSPS) is 12.7. The molecule has 0 fully saturated rings. The molecule has 0 aromatic carbocycles. The molecule has 1 aromatic rings. The van der Waals surface area contributed by atoms with Gasteiger partial charge in [0.25, 0.3) is 0 Å². The molecule has 1 unspecified atom stereocenters. The maximum atomic E-state index is 5.58. The fourth-order valence-corrected chi connectivity index (χ4v) is 1.94. The average Bonchev–Trinajstić information content (AvgIpc) is 2.69. The van der Waals surface area contributed by atoms with E-state index < -0.39 is 0 Å². The molecule has 0 saturated heterocycles. The van der Waals surface area contributed by atoms with Crippen LogP contribution in [0.5, 0.6) is 0 Å². The van der Waals surface area contributed by atoms with Crippen LogP contribution in [0.15, 0.2) is 12.3 Å². The lowest BCUT2D eigenvalue weighted by Crippen LogP contribution is -2.11. The molecular formula is C12H24N4. The van der Waals surface area contributed by atoms with Gasteiger partial charge in [0, 0.05) is 19.7 Å². The van der Waals surface area contributed by atoms with Gasteiger partial charge in [-0.25, -0.2) is 0 Å². The van der Waals surface area contributed by atoms with Crippen molar-refractivity contribution in [2.45, 2.75) is 32.6 Å². The highest BCUT2D eigenvalue weighted by atomic mass is 15.3. The predicted molar refractivity (Wildman–Crippen MR) is 68.4 cm³/mol. The molecule has 0 aliphatic carbocycles. The fourth-order valence-electron chi connectivity index (χ4n) is 1.94. The molecule has 92 valence electrons. The van der Waals surface area contributed by atoms with Gasteiger partial charge in [-0.05, 0) is 31.7 Å². The van der Waals surface area contributed by atoms with Crippen LogP contribution >= 0.6 is 0 Å². The van der Waals surface area contributed by atoms with E-state index in [2.05, 4.69) is 17.3 Å². The van der Waals surface area contributed by atoms with Gasteiger partial charge < -0.3 is 11.1 Å². The smallest absolute Gasteiger partial charge is 0.123 e. The van der Waals surface area contributed by atoms with E-state index in [9.17, 15) is 0 Å². The summed E-state index contributed by atoms with van der Waals surface area (Å²) in [6.45, 7) is 4.07. The Morgan fingerprint density at radius 1 is 1.50 bits per heavy atom. The number of hydrogen-bond donors (Lipinski definition) is 2. The average molecular weight is 224 g/mol. The summed E-state index contributed by atoms with van der Waals surface area (Å²) >= 11 is 0. The Hall–Kier alpha value is -1.03. The van der Waals surface area contributed by atoms with Gasteiger partial charge in [0.2, 0.25) is 0 Å². The third-order valence-corrected chi connectivity index (χ3v) is 3.07. The molecule has 1 rings (SSSR count). The minimum absolute atomic E-state index is 0.790. The molecular weight excluding hydrogens is 200 g/mol. The molecule has 1 heterocycles. The van der Waals surface area contributed by atoms with Crippen molar-refractivity contribution >= 4 is 5.82 Å². The van der Waals surface area contributed by atoms with Gasteiger partial charge in [-0.3, -0.25) is 4.68 Å². The van der Waals surface area contributed by atoms with Gasteiger partial charge in [0.1, 0.15) is 5.82 Å². The molecule has 4 nitrogen and oxygen atoms in total. The summed E-state index contributed by atoms with van der Waals surface area (Å²) in [6.07, 6.45) is 6.67. The standard InChI is InChI=1S/C12H24N4/c1-3-11(6-8-13)5-4-9-14-12-7-10-15-16(12)2/h7,10-11,14H,3-6,8-9,13H2,1-2H3. The van der Waals surface area contributed by atoms with Crippen molar-refractivity contribution in [1.29, 1.82) is 0 Å². The lowest BCUT2D eigenvalue weighted by Gasteiger charge is -2.13. The highest BCUT2D eigenvalue weighted by Crippen LogP contribution is 2.14. The molecule has 0 aliphatic rings. The molecule has 0 radical (unpaired) electrons. The Balaban J connectivity index is 2.14. The number of rotatable bonds is 8. The van der Waals surface area contributed by atoms with Crippen molar-refractivity contribution in [3.63, 3.8) is 0 Å². The zero-order valence-corrected chi connectivity index (χ0v) is 10.4. The molecule has 0 spiro atoms. The molecule has 0 aliphatic heterocycles. The van der Waals surface area contributed by atoms with Crippen molar-refractivity contribution in [1.82, 2.24) is 9.78 Å². The van der Waals surface area contributed by atoms with E-state index in [1.807, 2.05) is 24.0 Å². The first-order valence-corrected chi connectivity index (χ1v) is 6.19. The van der Waals surface area contributed by atoms with E-state index in [1.165, 1.54) is 19.3 Å². The number of hydrogen-bond acceptors (Lipinski definition) is 3. The van der Waals surface area contributed by atoms with Gasteiger partial charge in [0.15, 0.2) is 0 Å². The van der Waals surface area contributed by atoms with Gasteiger partial charge >= 0.3 is 0 Å². The van der Waals surface area contributed by atoms with Crippen LogP contribution in [0.3, 0.4) is 0 Å². The number of nitrogens with one attached hydrogen (secondary N) is 1. The summed E-state index contributed by atoms with van der Waals surface area (Å²) in [5, 5.41) is 7.50. The minimum atomic E-state index is 0.790. The summed E-state index contributed by atoms with van der Waals surface area (Å²) in [4.78, 5) is 0. The van der Waals surface area contributed by atoms with Gasteiger partial charge in [-0.2, -0.15) is 5.10 Å². The summed E-state index contributed by atoms with van der Waals surface area (Å²) in [5.41, 5.74) is 5.58. The second kappa shape index (κ2) is 7.28. The van der Waals surface area contributed by atoms with Crippen LogP contribution < -0.4 is 11.1 Å². The lowest BCUT2D eigenvalue weighted by molar-refractivity contribution is 0.434. The van der Waals surface area contributed by atoms with E-state index in [4.69, 9.17) is 5.73 Å². The molecule has 0 bridgehead atoms. The van der Waals surface area contributed by atoms with E-state index in [1.54, 1.807) is 0 Å². The Morgan fingerprint density at radius 2 is 2.31 bits per heavy atom. The van der Waals surface area contributed by atoms with Crippen molar-refractivity contribution in [3.05, 3.63) is 12.3 Å². The molecule has 0 saturated carbocycles. The molecule has 16 heavy (non-hydrogen) atoms. The van der Waals surface area contributed by atoms with E-state index in [0.717, 1.165) is 31.2 Å². The Kier molecular flexibility index (Phi) is 5.93. The zero-order valence-electron chi connectivity index (χ0n) is 10.4. The number of nitrogens with zero attached hydrogens (tertiary/aromatic N) is 2. The lowest BCUT2D eigenvalue weighted by atomic mass is 9.97. The van der Waals surface area contributed by atoms with E-state index in [0.29, 0.717) is 0 Å². The topological polar surface area (TPSA) is 55.9 Å². The largest absolute Gasteiger partial charge is 0.370 e. The number of nitrogens with two attached hydrogens (primary N) is 1. The Morgan fingerprint density at radius 3 is 2.88 bits per heavy atom. The fraction of sp³-hybridized carbons (Fsp3) is 0.750. The van der Waals surface area contributed by atoms with Crippen LogP contribution in [0.1, 0.15) is 32.6 Å². The number of aryl methyl sites for hydroxylation is 1. The van der Waals surface area contributed by atoms with Crippen LogP contribution in [0.25, 0.3) is 0 Å². The number of aromatic nitrogens is 2. The van der Waals surface area contributed by atoms with Gasteiger partial charge in [-0.15, -0.1) is 0 Å². The first-order chi connectivity index (χ1) is 7.77. The molecule has 1 aromatic heterocycles. The molecule has 3 N–H and O–H groups in total. The zero-order chi connectivity index (χ0) is 11.8. The van der Waals surface area contributed by atoms with Crippen LogP contribution in [0, 0.1) is 5.92 Å². The van der Waals surface area contributed by atoms with Crippen molar-refractivity contribution in [2.24, 2.45) is 18.7 Å². The summed E-state index contributed by atoms with van der Waals surface area (Å²) in [7, 11) is 1.95. The molecule has 0 amide bonds. The number of anilines is 1. The van der Waals surface area contributed by atoms with Gasteiger partial charge in [-0.1, -0.05) is 13.3 Å². The van der Waals surface area contributed by atoms with E-state index >= 15 is 0 Å². The summed E-state index contributed by atoms with van der Waals surface area (Å²) in [6, 6.07) is 2.00. The summed E-state index contributed by atoms with van der Waals surface area (Å²) in [5.74, 6) is 1.88. The van der Waals surface area contributed by atoms with Crippen LogP contribution in [0.2, 0.25) is 0 Å². The highest BCUT2D eigenvalue weighted by molar-refractivity contribution is 5.32.